The van der Waals surface area contributed by atoms with Gasteiger partial charge < -0.3 is 20.1 Å². The van der Waals surface area contributed by atoms with Gasteiger partial charge in [0.05, 0.1) is 12.2 Å². The second-order valence-corrected chi connectivity index (χ2v) is 4.48. The average Bonchev–Trinajstić information content (AvgIpc) is 2.70. The summed E-state index contributed by atoms with van der Waals surface area (Å²) in [6.45, 7) is 1.22. The van der Waals surface area contributed by atoms with Gasteiger partial charge >= 0.3 is 5.69 Å². The third kappa shape index (κ3) is 2.46. The molecule has 0 aliphatic carbocycles. The lowest BCUT2D eigenvalue weighted by Crippen LogP contribution is -2.38. The summed E-state index contributed by atoms with van der Waals surface area (Å²) in [5.41, 5.74) is -1.11. The standard InChI is InChI=1S/C12H16N2O6/c1-2-3-6-4-14(12(19)13-10(6)18)11-9(17)8(16)7(5-15)20-11/h2-4,7-9,11,15-17H,5H2,1H3,(H,13,18,19)/t7-,8?,9?,11-/m0/s1. The van der Waals surface area contributed by atoms with Crippen molar-refractivity contribution in [2.45, 2.75) is 31.5 Å². The number of aromatic nitrogens is 2. The van der Waals surface area contributed by atoms with Gasteiger partial charge in [0.25, 0.3) is 5.56 Å². The molecule has 1 aromatic heterocycles. The van der Waals surface area contributed by atoms with Gasteiger partial charge in [-0.25, -0.2) is 4.79 Å². The van der Waals surface area contributed by atoms with E-state index in [1.165, 1.54) is 12.3 Å². The quantitative estimate of drug-likeness (QED) is 0.518. The van der Waals surface area contributed by atoms with Crippen molar-refractivity contribution in [3.8, 4) is 0 Å². The molecule has 0 spiro atoms. The van der Waals surface area contributed by atoms with Gasteiger partial charge in [0.2, 0.25) is 0 Å². The van der Waals surface area contributed by atoms with E-state index in [0.717, 1.165) is 4.57 Å². The zero-order valence-corrected chi connectivity index (χ0v) is 10.8. The summed E-state index contributed by atoms with van der Waals surface area (Å²) in [6.07, 6.45) is -0.494. The number of ether oxygens (including phenoxy) is 1. The van der Waals surface area contributed by atoms with Crippen molar-refractivity contribution in [1.82, 2.24) is 9.55 Å². The van der Waals surface area contributed by atoms with Crippen LogP contribution in [0.2, 0.25) is 0 Å². The third-order valence-electron chi connectivity index (χ3n) is 3.13. The molecule has 0 bridgehead atoms. The number of hydrogen-bond acceptors (Lipinski definition) is 6. The van der Waals surface area contributed by atoms with Gasteiger partial charge in [-0.3, -0.25) is 14.3 Å². The fourth-order valence-electron chi connectivity index (χ4n) is 2.10. The SMILES string of the molecule is CC=Cc1cn([C@H]2O[C@@H](CO)C(O)C2O)c(=O)[nH]c1=O. The van der Waals surface area contributed by atoms with Gasteiger partial charge in [0.1, 0.15) is 18.3 Å². The summed E-state index contributed by atoms with van der Waals surface area (Å²) >= 11 is 0. The van der Waals surface area contributed by atoms with E-state index in [1.807, 2.05) is 0 Å². The predicted octanol–water partition coefficient (Wildman–Crippen LogP) is -1.82. The largest absolute Gasteiger partial charge is 0.394 e. The van der Waals surface area contributed by atoms with Crippen molar-refractivity contribution < 1.29 is 20.1 Å². The highest BCUT2D eigenvalue weighted by atomic mass is 16.6. The van der Waals surface area contributed by atoms with E-state index in [-0.39, 0.29) is 5.56 Å². The van der Waals surface area contributed by atoms with Crippen LogP contribution in [0.4, 0.5) is 0 Å². The molecule has 1 saturated heterocycles. The van der Waals surface area contributed by atoms with E-state index in [4.69, 9.17) is 9.84 Å². The van der Waals surface area contributed by atoms with Crippen LogP contribution in [-0.4, -0.2) is 49.8 Å². The number of nitrogens with zero attached hydrogens (tertiary/aromatic N) is 1. The predicted molar refractivity (Wildman–Crippen MR) is 69.0 cm³/mol. The summed E-state index contributed by atoms with van der Waals surface area (Å²) in [5.74, 6) is 0. The number of allylic oxidation sites excluding steroid dienone is 1. The Morgan fingerprint density at radius 2 is 2.10 bits per heavy atom. The van der Waals surface area contributed by atoms with Crippen LogP contribution in [0.15, 0.2) is 21.9 Å². The topological polar surface area (TPSA) is 125 Å². The van der Waals surface area contributed by atoms with Crippen molar-refractivity contribution in [3.63, 3.8) is 0 Å². The lowest BCUT2D eigenvalue weighted by Gasteiger charge is -2.17. The first kappa shape index (κ1) is 14.7. The lowest BCUT2D eigenvalue weighted by molar-refractivity contribution is -0.0550. The van der Waals surface area contributed by atoms with Gasteiger partial charge in [-0.1, -0.05) is 12.2 Å². The van der Waals surface area contributed by atoms with Crippen LogP contribution in [-0.2, 0) is 4.74 Å². The minimum absolute atomic E-state index is 0.213. The van der Waals surface area contributed by atoms with Crippen molar-refractivity contribution >= 4 is 6.08 Å². The molecule has 8 heteroatoms. The second-order valence-electron chi connectivity index (χ2n) is 4.48. The summed E-state index contributed by atoms with van der Waals surface area (Å²) < 4.78 is 6.23. The molecule has 1 aliphatic rings. The molecular weight excluding hydrogens is 268 g/mol. The highest BCUT2D eigenvalue weighted by Crippen LogP contribution is 2.27. The Morgan fingerprint density at radius 3 is 2.65 bits per heavy atom. The molecule has 2 unspecified atom stereocenters. The average molecular weight is 284 g/mol. The highest BCUT2D eigenvalue weighted by Gasteiger charge is 2.43. The van der Waals surface area contributed by atoms with E-state index in [0.29, 0.717) is 0 Å². The third-order valence-corrected chi connectivity index (χ3v) is 3.13. The maximum atomic E-state index is 11.8. The molecule has 110 valence electrons. The number of hydrogen-bond donors (Lipinski definition) is 4. The summed E-state index contributed by atoms with van der Waals surface area (Å²) in [5, 5.41) is 28.6. The van der Waals surface area contributed by atoms with Gasteiger partial charge in [-0.05, 0) is 6.92 Å². The van der Waals surface area contributed by atoms with E-state index in [1.54, 1.807) is 13.0 Å². The first-order valence-corrected chi connectivity index (χ1v) is 6.10. The van der Waals surface area contributed by atoms with Crippen molar-refractivity contribution in [2.75, 3.05) is 6.61 Å². The molecule has 0 amide bonds. The van der Waals surface area contributed by atoms with Gasteiger partial charge in [0, 0.05) is 6.20 Å². The Balaban J connectivity index is 2.46. The van der Waals surface area contributed by atoms with Crippen molar-refractivity contribution in [2.24, 2.45) is 0 Å². The Hall–Kier alpha value is -1.74. The summed E-state index contributed by atoms with van der Waals surface area (Å²) in [7, 11) is 0. The molecule has 1 fully saturated rings. The van der Waals surface area contributed by atoms with Crippen molar-refractivity contribution in [3.05, 3.63) is 38.7 Å². The number of rotatable bonds is 3. The number of nitrogens with one attached hydrogen (secondary N) is 1. The smallest absolute Gasteiger partial charge is 0.330 e. The molecule has 0 saturated carbocycles. The Bertz CT molecular complexity index is 619. The Morgan fingerprint density at radius 1 is 1.40 bits per heavy atom. The molecule has 20 heavy (non-hydrogen) atoms. The fourth-order valence-corrected chi connectivity index (χ4v) is 2.10. The molecule has 4 atom stereocenters. The monoisotopic (exact) mass is 284 g/mol. The van der Waals surface area contributed by atoms with Gasteiger partial charge in [-0.2, -0.15) is 0 Å². The van der Waals surface area contributed by atoms with E-state index in [9.17, 15) is 19.8 Å². The maximum Gasteiger partial charge on any atom is 0.330 e. The van der Waals surface area contributed by atoms with Gasteiger partial charge in [-0.15, -0.1) is 0 Å². The molecule has 2 rings (SSSR count). The van der Waals surface area contributed by atoms with E-state index >= 15 is 0 Å². The minimum atomic E-state index is -1.38. The summed E-state index contributed by atoms with van der Waals surface area (Å²) in [6, 6.07) is 0. The Labute approximate surface area is 113 Å². The maximum absolute atomic E-state index is 11.8. The zero-order valence-electron chi connectivity index (χ0n) is 10.8. The number of aliphatic hydroxyl groups is 3. The lowest BCUT2D eigenvalue weighted by atomic mass is 10.1. The first-order valence-electron chi connectivity index (χ1n) is 6.10. The number of aromatic amines is 1. The normalized spacial score (nSPS) is 30.2. The van der Waals surface area contributed by atoms with Crippen LogP contribution in [0.25, 0.3) is 6.08 Å². The molecule has 8 nitrogen and oxygen atoms in total. The molecule has 4 N–H and O–H groups in total. The first-order chi connectivity index (χ1) is 9.49. The van der Waals surface area contributed by atoms with Crippen LogP contribution in [0.3, 0.4) is 0 Å². The number of aliphatic hydroxyl groups excluding tert-OH is 3. The molecule has 0 radical (unpaired) electrons. The second kappa shape index (κ2) is 5.71. The molecular formula is C12H16N2O6. The van der Waals surface area contributed by atoms with Crippen LogP contribution >= 0.6 is 0 Å². The fraction of sp³-hybridized carbons (Fsp3) is 0.500. The van der Waals surface area contributed by atoms with Crippen LogP contribution < -0.4 is 11.2 Å². The molecule has 1 aromatic rings. The van der Waals surface area contributed by atoms with Crippen LogP contribution in [0.1, 0.15) is 18.7 Å². The number of H-pyrrole nitrogens is 1. The Kier molecular flexibility index (Phi) is 4.19. The molecule has 2 heterocycles. The van der Waals surface area contributed by atoms with E-state index < -0.39 is 42.4 Å². The molecule has 1 aliphatic heterocycles. The minimum Gasteiger partial charge on any atom is -0.394 e. The van der Waals surface area contributed by atoms with Crippen LogP contribution in [0, 0.1) is 0 Å². The highest BCUT2D eigenvalue weighted by molar-refractivity contribution is 5.45. The summed E-state index contributed by atoms with van der Waals surface area (Å²) in [4.78, 5) is 25.4. The van der Waals surface area contributed by atoms with E-state index in [2.05, 4.69) is 4.98 Å². The van der Waals surface area contributed by atoms with Crippen molar-refractivity contribution in [1.29, 1.82) is 0 Å². The van der Waals surface area contributed by atoms with Gasteiger partial charge in [0.15, 0.2) is 6.23 Å². The molecule has 0 aromatic carbocycles. The zero-order chi connectivity index (χ0) is 14.9. The van der Waals surface area contributed by atoms with Crippen LogP contribution in [0.5, 0.6) is 0 Å².